The summed E-state index contributed by atoms with van der Waals surface area (Å²) in [5, 5.41) is 25.4. The number of β-amino-alcohol motifs (C(OH)–C–C–N with tert-alkyl or cyclic N) is 1. The summed E-state index contributed by atoms with van der Waals surface area (Å²) in [6.45, 7) is 2.85. The summed E-state index contributed by atoms with van der Waals surface area (Å²) in [4.78, 5) is 0. The molecule has 3 N–H and O–H groups in total. The number of nitrogens with one attached hydrogen (secondary N) is 2. The predicted octanol–water partition coefficient (Wildman–Crippen LogP) is 1.24. The van der Waals surface area contributed by atoms with Gasteiger partial charge in [-0.05, 0) is 18.2 Å². The van der Waals surface area contributed by atoms with Crippen LogP contribution in [0, 0.1) is 5.92 Å². The van der Waals surface area contributed by atoms with Crippen LogP contribution in [0.15, 0.2) is 24.4 Å². The molecule has 1 aromatic heterocycles. The van der Waals surface area contributed by atoms with Gasteiger partial charge in [-0.2, -0.15) is 0 Å². The number of hydrogen-bond acceptors (Lipinski definition) is 5. The van der Waals surface area contributed by atoms with Gasteiger partial charge in [-0.1, -0.05) is 28.4 Å². The minimum absolute atomic E-state index is 0.241. The Balaban J connectivity index is 1.57. The molecule has 0 spiro atoms. The van der Waals surface area contributed by atoms with Crippen LogP contribution in [0.5, 0.6) is 0 Å². The van der Waals surface area contributed by atoms with Gasteiger partial charge in [0.15, 0.2) is 0 Å². The van der Waals surface area contributed by atoms with Crippen LogP contribution in [0.2, 0.25) is 10.0 Å². The molecule has 0 saturated carbocycles. The Kier molecular flexibility index (Phi) is 4.95. The normalized spacial score (nSPS) is 21.4. The molecule has 8 heteroatoms. The fraction of sp³-hybridized carbons (Fsp3) is 0.429. The number of nitrogens with zero attached hydrogens (tertiary/aromatic N) is 3. The van der Waals surface area contributed by atoms with E-state index in [1.54, 1.807) is 16.8 Å². The summed E-state index contributed by atoms with van der Waals surface area (Å²) in [5.41, 5.74) is 1.63. The maximum absolute atomic E-state index is 9.73. The topological polar surface area (TPSA) is 75.0 Å². The van der Waals surface area contributed by atoms with Crippen LogP contribution in [-0.4, -0.2) is 45.8 Å². The van der Waals surface area contributed by atoms with Crippen molar-refractivity contribution in [3.05, 3.63) is 40.1 Å². The van der Waals surface area contributed by atoms with Crippen molar-refractivity contribution in [3.8, 4) is 5.69 Å². The van der Waals surface area contributed by atoms with Crippen molar-refractivity contribution >= 4 is 23.2 Å². The zero-order valence-corrected chi connectivity index (χ0v) is 13.3. The van der Waals surface area contributed by atoms with Gasteiger partial charge in [0.05, 0.1) is 33.7 Å². The molecule has 2 atom stereocenters. The van der Waals surface area contributed by atoms with Gasteiger partial charge in [0.1, 0.15) is 0 Å². The summed E-state index contributed by atoms with van der Waals surface area (Å²) in [6.07, 6.45) is 1.56. The summed E-state index contributed by atoms with van der Waals surface area (Å²) in [5.74, 6) is 0.241. The van der Waals surface area contributed by atoms with Gasteiger partial charge in [-0.15, -0.1) is 5.10 Å². The molecular formula is C14H17Cl2N5O. The van der Waals surface area contributed by atoms with Gasteiger partial charge >= 0.3 is 0 Å². The number of aromatic nitrogens is 3. The largest absolute Gasteiger partial charge is 0.391 e. The highest BCUT2D eigenvalue weighted by Crippen LogP contribution is 2.24. The smallest absolute Gasteiger partial charge is 0.0969 e. The van der Waals surface area contributed by atoms with E-state index in [-0.39, 0.29) is 12.0 Å². The van der Waals surface area contributed by atoms with Crippen molar-refractivity contribution in [2.24, 2.45) is 5.92 Å². The third-order valence-corrected chi connectivity index (χ3v) is 4.46. The van der Waals surface area contributed by atoms with Crippen molar-refractivity contribution in [1.29, 1.82) is 0 Å². The molecule has 2 aromatic rings. The Labute approximate surface area is 138 Å². The first-order valence-corrected chi connectivity index (χ1v) is 7.85. The zero-order valence-electron chi connectivity index (χ0n) is 11.8. The minimum Gasteiger partial charge on any atom is -0.391 e. The van der Waals surface area contributed by atoms with Crippen LogP contribution in [0.1, 0.15) is 5.69 Å². The molecule has 0 radical (unpaired) electrons. The molecule has 22 heavy (non-hydrogen) atoms. The lowest BCUT2D eigenvalue weighted by molar-refractivity contribution is 0.146. The lowest BCUT2D eigenvalue weighted by Gasteiger charge is -2.13. The molecule has 2 unspecified atom stereocenters. The van der Waals surface area contributed by atoms with E-state index in [0.29, 0.717) is 23.1 Å². The number of hydrogen-bond donors (Lipinski definition) is 3. The second-order valence-electron chi connectivity index (χ2n) is 5.37. The highest BCUT2D eigenvalue weighted by molar-refractivity contribution is 6.42. The Morgan fingerprint density at radius 1 is 1.32 bits per heavy atom. The fourth-order valence-corrected chi connectivity index (χ4v) is 2.74. The third kappa shape index (κ3) is 3.59. The monoisotopic (exact) mass is 341 g/mol. The summed E-state index contributed by atoms with van der Waals surface area (Å²) < 4.78 is 1.66. The van der Waals surface area contributed by atoms with E-state index in [0.717, 1.165) is 24.5 Å². The van der Waals surface area contributed by atoms with Gasteiger partial charge in [0.25, 0.3) is 0 Å². The van der Waals surface area contributed by atoms with Crippen LogP contribution in [0.25, 0.3) is 5.69 Å². The van der Waals surface area contributed by atoms with Gasteiger partial charge in [-0.25, -0.2) is 4.68 Å². The van der Waals surface area contributed by atoms with E-state index >= 15 is 0 Å². The van der Waals surface area contributed by atoms with Crippen molar-refractivity contribution in [3.63, 3.8) is 0 Å². The molecule has 1 fully saturated rings. The Bertz CT molecular complexity index is 648. The van der Waals surface area contributed by atoms with E-state index in [2.05, 4.69) is 20.9 Å². The quantitative estimate of drug-likeness (QED) is 0.763. The molecule has 1 aromatic carbocycles. The maximum Gasteiger partial charge on any atom is 0.0969 e. The Morgan fingerprint density at radius 3 is 2.91 bits per heavy atom. The molecule has 3 rings (SSSR count). The van der Waals surface area contributed by atoms with Crippen LogP contribution in [-0.2, 0) is 6.54 Å². The van der Waals surface area contributed by atoms with Crippen molar-refractivity contribution in [2.45, 2.75) is 12.6 Å². The molecule has 6 nitrogen and oxygen atoms in total. The Morgan fingerprint density at radius 2 is 2.18 bits per heavy atom. The van der Waals surface area contributed by atoms with Crippen LogP contribution < -0.4 is 10.6 Å². The lowest BCUT2D eigenvalue weighted by Crippen LogP contribution is -2.30. The SMILES string of the molecule is OC1CNCC1CNCc1cn(-c2ccc(Cl)c(Cl)c2)nn1. The molecule has 1 aliphatic rings. The minimum atomic E-state index is -0.278. The van der Waals surface area contributed by atoms with E-state index < -0.39 is 0 Å². The van der Waals surface area contributed by atoms with Crippen LogP contribution in [0.3, 0.4) is 0 Å². The molecule has 1 aliphatic heterocycles. The lowest BCUT2D eigenvalue weighted by atomic mass is 10.1. The van der Waals surface area contributed by atoms with Crippen LogP contribution in [0.4, 0.5) is 0 Å². The summed E-state index contributed by atoms with van der Waals surface area (Å²) in [7, 11) is 0. The highest BCUT2D eigenvalue weighted by atomic mass is 35.5. The third-order valence-electron chi connectivity index (χ3n) is 3.73. The molecule has 0 bridgehead atoms. The van der Waals surface area contributed by atoms with Crippen molar-refractivity contribution < 1.29 is 5.11 Å². The van der Waals surface area contributed by atoms with E-state index in [4.69, 9.17) is 23.2 Å². The molecule has 2 heterocycles. The molecule has 1 saturated heterocycles. The first kappa shape index (κ1) is 15.7. The van der Waals surface area contributed by atoms with Gasteiger partial charge in [0.2, 0.25) is 0 Å². The van der Waals surface area contributed by atoms with E-state index in [1.807, 2.05) is 12.3 Å². The molecule has 118 valence electrons. The second-order valence-corrected chi connectivity index (χ2v) is 6.18. The number of rotatable bonds is 5. The first-order chi connectivity index (χ1) is 10.6. The fourth-order valence-electron chi connectivity index (χ4n) is 2.45. The van der Waals surface area contributed by atoms with E-state index in [9.17, 15) is 5.11 Å². The predicted molar refractivity (Wildman–Crippen MR) is 85.5 cm³/mol. The number of aliphatic hydroxyl groups excluding tert-OH is 1. The number of aliphatic hydroxyl groups is 1. The van der Waals surface area contributed by atoms with Gasteiger partial charge in [0, 0.05) is 32.1 Å². The maximum atomic E-state index is 9.73. The number of benzene rings is 1. The average molecular weight is 342 g/mol. The second kappa shape index (κ2) is 6.93. The van der Waals surface area contributed by atoms with Crippen LogP contribution >= 0.6 is 23.2 Å². The summed E-state index contributed by atoms with van der Waals surface area (Å²) in [6, 6.07) is 5.31. The van der Waals surface area contributed by atoms with E-state index in [1.165, 1.54) is 0 Å². The Hall–Kier alpha value is -1.18. The van der Waals surface area contributed by atoms with Crippen molar-refractivity contribution in [1.82, 2.24) is 25.6 Å². The van der Waals surface area contributed by atoms with Gasteiger partial charge in [-0.3, -0.25) is 0 Å². The zero-order chi connectivity index (χ0) is 15.5. The molecule has 0 aliphatic carbocycles. The summed E-state index contributed by atoms with van der Waals surface area (Å²) >= 11 is 11.9. The van der Waals surface area contributed by atoms with Gasteiger partial charge < -0.3 is 15.7 Å². The first-order valence-electron chi connectivity index (χ1n) is 7.09. The standard InChI is InChI=1S/C14H17Cl2N5O/c15-12-2-1-11(3-13(12)16)21-8-10(19-20-21)6-17-4-9-5-18-7-14(9)22/h1-3,8-9,14,17-18,22H,4-7H2. The average Bonchev–Trinajstić information content (AvgIpc) is 3.12. The molecule has 0 amide bonds. The number of halogens is 2. The van der Waals surface area contributed by atoms with Crippen molar-refractivity contribution in [2.75, 3.05) is 19.6 Å². The molecular weight excluding hydrogens is 325 g/mol. The highest BCUT2D eigenvalue weighted by Gasteiger charge is 2.24.